The van der Waals surface area contributed by atoms with Crippen molar-refractivity contribution in [3.8, 4) is 5.69 Å². The molecule has 3 aromatic rings. The van der Waals surface area contributed by atoms with Crippen LogP contribution in [-0.2, 0) is 0 Å². The molecule has 2 heterocycles. The Kier molecular flexibility index (Phi) is 2.98. The highest BCUT2D eigenvalue weighted by Crippen LogP contribution is 2.34. The molecule has 0 atom stereocenters. The summed E-state index contributed by atoms with van der Waals surface area (Å²) in [6, 6.07) is 10.0. The summed E-state index contributed by atoms with van der Waals surface area (Å²) < 4.78 is 27.4. The van der Waals surface area contributed by atoms with Crippen LogP contribution in [0.25, 0.3) is 15.9 Å². The molecule has 0 bridgehead atoms. The van der Waals surface area contributed by atoms with Gasteiger partial charge in [0.1, 0.15) is 15.4 Å². The van der Waals surface area contributed by atoms with E-state index in [4.69, 9.17) is 5.11 Å². The molecule has 0 aliphatic carbocycles. The average Bonchev–Trinajstić information content (AvgIpc) is 2.97. The van der Waals surface area contributed by atoms with Crippen LogP contribution in [0.1, 0.15) is 21.8 Å². The third-order valence-electron chi connectivity index (χ3n) is 2.81. The van der Waals surface area contributed by atoms with E-state index < -0.39 is 18.1 Å². The molecule has 0 aliphatic rings. The van der Waals surface area contributed by atoms with E-state index in [1.54, 1.807) is 30.3 Å². The molecule has 0 unspecified atom stereocenters. The maximum absolute atomic E-state index is 13.0. The van der Waals surface area contributed by atoms with Crippen molar-refractivity contribution in [1.82, 2.24) is 9.78 Å². The number of carboxylic acids is 1. The van der Waals surface area contributed by atoms with Crippen molar-refractivity contribution in [2.75, 3.05) is 0 Å². The van der Waals surface area contributed by atoms with Crippen molar-refractivity contribution in [3.05, 3.63) is 47.0 Å². The third kappa shape index (κ3) is 1.96. The van der Waals surface area contributed by atoms with Gasteiger partial charge in [-0.3, -0.25) is 0 Å². The molecule has 0 aliphatic heterocycles. The molecule has 1 N–H and O–H groups in total. The predicted octanol–water partition coefficient (Wildman–Crippen LogP) is 3.72. The molecule has 0 amide bonds. The van der Waals surface area contributed by atoms with Crippen molar-refractivity contribution in [2.45, 2.75) is 6.43 Å². The fourth-order valence-corrected chi connectivity index (χ4v) is 2.92. The molecule has 20 heavy (non-hydrogen) atoms. The van der Waals surface area contributed by atoms with E-state index >= 15 is 0 Å². The van der Waals surface area contributed by atoms with Crippen LogP contribution in [0.5, 0.6) is 0 Å². The van der Waals surface area contributed by atoms with Crippen LogP contribution >= 0.6 is 11.3 Å². The van der Waals surface area contributed by atoms with Crippen LogP contribution in [-0.4, -0.2) is 20.9 Å². The number of aromatic carboxylic acids is 1. The maximum atomic E-state index is 13.0. The normalized spacial score (nSPS) is 11.3. The monoisotopic (exact) mass is 294 g/mol. The molecular formula is C13H8F2N2O2S. The number of aromatic nitrogens is 2. The van der Waals surface area contributed by atoms with Gasteiger partial charge in [0.25, 0.3) is 6.43 Å². The first-order chi connectivity index (χ1) is 9.58. The minimum Gasteiger partial charge on any atom is -0.477 e. The predicted molar refractivity (Wildman–Crippen MR) is 70.9 cm³/mol. The van der Waals surface area contributed by atoms with E-state index in [0.29, 0.717) is 10.5 Å². The number of alkyl halides is 2. The number of fused-ring (bicyclic) bond motifs is 1. The zero-order valence-corrected chi connectivity index (χ0v) is 10.8. The Hall–Kier alpha value is -2.28. The molecule has 3 rings (SSSR count). The topological polar surface area (TPSA) is 55.1 Å². The fraction of sp³-hybridized carbons (Fsp3) is 0.0769. The van der Waals surface area contributed by atoms with Crippen molar-refractivity contribution >= 4 is 27.5 Å². The summed E-state index contributed by atoms with van der Waals surface area (Å²) in [6.45, 7) is 0. The fourth-order valence-electron chi connectivity index (χ4n) is 1.94. The number of rotatable bonds is 3. The van der Waals surface area contributed by atoms with E-state index in [2.05, 4.69) is 5.10 Å². The van der Waals surface area contributed by atoms with Gasteiger partial charge >= 0.3 is 5.97 Å². The van der Waals surface area contributed by atoms with Gasteiger partial charge in [0.05, 0.1) is 5.69 Å². The summed E-state index contributed by atoms with van der Waals surface area (Å²) in [5, 5.41) is 13.1. The number of halogens is 2. The molecule has 7 heteroatoms. The molecule has 1 aromatic carbocycles. The Bertz CT molecular complexity index is 780. The molecule has 0 spiro atoms. The number of hydrogen-bond donors (Lipinski definition) is 1. The quantitative estimate of drug-likeness (QED) is 0.801. The van der Waals surface area contributed by atoms with E-state index in [9.17, 15) is 13.6 Å². The van der Waals surface area contributed by atoms with Crippen LogP contribution < -0.4 is 0 Å². The maximum Gasteiger partial charge on any atom is 0.345 e. The molecule has 2 aromatic heterocycles. The van der Waals surface area contributed by atoms with Gasteiger partial charge in [-0.2, -0.15) is 5.10 Å². The molecular weight excluding hydrogens is 286 g/mol. The van der Waals surface area contributed by atoms with E-state index in [1.807, 2.05) is 0 Å². The van der Waals surface area contributed by atoms with Crippen molar-refractivity contribution in [1.29, 1.82) is 0 Å². The second kappa shape index (κ2) is 4.68. The molecule has 0 fully saturated rings. The summed E-state index contributed by atoms with van der Waals surface area (Å²) in [4.78, 5) is 11.4. The zero-order chi connectivity index (χ0) is 14.3. The first-order valence-corrected chi connectivity index (χ1v) is 6.49. The van der Waals surface area contributed by atoms with Crippen LogP contribution in [0.4, 0.5) is 8.78 Å². The smallest absolute Gasteiger partial charge is 0.345 e. The second-order valence-corrected chi connectivity index (χ2v) is 5.10. The lowest BCUT2D eigenvalue weighted by molar-refractivity contribution is 0.0702. The average molecular weight is 294 g/mol. The van der Waals surface area contributed by atoms with Crippen molar-refractivity contribution in [2.24, 2.45) is 0 Å². The number of carboxylic acid groups (broad SMARTS) is 1. The van der Waals surface area contributed by atoms with Gasteiger partial charge in [-0.1, -0.05) is 18.2 Å². The first-order valence-electron chi connectivity index (χ1n) is 5.67. The Morgan fingerprint density at radius 3 is 2.60 bits per heavy atom. The largest absolute Gasteiger partial charge is 0.477 e. The lowest BCUT2D eigenvalue weighted by Gasteiger charge is -2.01. The standard InChI is InChI=1S/C13H8F2N2O2S/c14-11(15)10-8-6-9(13(18)19)20-12(8)17(16-10)7-4-2-1-3-5-7/h1-6,11H,(H,18,19). The van der Waals surface area contributed by atoms with Gasteiger partial charge in [0.2, 0.25) is 0 Å². The highest BCUT2D eigenvalue weighted by molar-refractivity contribution is 7.20. The second-order valence-electron chi connectivity index (χ2n) is 4.07. The Labute approximate surface area is 115 Å². The lowest BCUT2D eigenvalue weighted by Crippen LogP contribution is -1.97. The number of thiophene rings is 1. The van der Waals surface area contributed by atoms with Gasteiger partial charge in [-0.25, -0.2) is 18.3 Å². The van der Waals surface area contributed by atoms with Crippen LogP contribution in [0.15, 0.2) is 36.4 Å². The minimum atomic E-state index is -2.75. The third-order valence-corrected chi connectivity index (χ3v) is 3.91. The lowest BCUT2D eigenvalue weighted by atomic mass is 10.3. The molecule has 0 saturated heterocycles. The van der Waals surface area contributed by atoms with Gasteiger partial charge in [-0.05, 0) is 18.2 Å². The van der Waals surface area contributed by atoms with E-state index in [0.717, 1.165) is 11.3 Å². The van der Waals surface area contributed by atoms with Crippen LogP contribution in [0.3, 0.4) is 0 Å². The summed E-state index contributed by atoms with van der Waals surface area (Å²) in [6.07, 6.45) is -2.75. The zero-order valence-electron chi connectivity index (χ0n) is 9.96. The number of benzene rings is 1. The highest BCUT2D eigenvalue weighted by Gasteiger charge is 2.23. The van der Waals surface area contributed by atoms with Crippen LogP contribution in [0, 0.1) is 0 Å². The highest BCUT2D eigenvalue weighted by atomic mass is 32.1. The number of hydrogen-bond acceptors (Lipinski definition) is 3. The molecule has 0 saturated carbocycles. The number of para-hydroxylation sites is 1. The Balaban J connectivity index is 2.29. The number of nitrogens with zero attached hydrogens (tertiary/aromatic N) is 2. The van der Waals surface area contributed by atoms with E-state index in [-0.39, 0.29) is 10.3 Å². The van der Waals surface area contributed by atoms with Crippen molar-refractivity contribution in [3.63, 3.8) is 0 Å². The van der Waals surface area contributed by atoms with Crippen LogP contribution in [0.2, 0.25) is 0 Å². The minimum absolute atomic E-state index is 0.0176. The summed E-state index contributed by atoms with van der Waals surface area (Å²) in [5.74, 6) is -1.13. The van der Waals surface area contributed by atoms with Gasteiger partial charge in [0, 0.05) is 5.39 Å². The van der Waals surface area contributed by atoms with Gasteiger partial charge < -0.3 is 5.11 Å². The van der Waals surface area contributed by atoms with Gasteiger partial charge in [-0.15, -0.1) is 11.3 Å². The van der Waals surface area contributed by atoms with Crippen molar-refractivity contribution < 1.29 is 18.7 Å². The molecule has 4 nitrogen and oxygen atoms in total. The summed E-state index contributed by atoms with van der Waals surface area (Å²) >= 11 is 0.933. The Morgan fingerprint density at radius 1 is 1.30 bits per heavy atom. The van der Waals surface area contributed by atoms with Gasteiger partial charge in [0.15, 0.2) is 0 Å². The number of carbonyl (C=O) groups is 1. The summed E-state index contributed by atoms with van der Waals surface area (Å²) in [7, 11) is 0. The molecule has 102 valence electrons. The molecule has 0 radical (unpaired) electrons. The van der Waals surface area contributed by atoms with E-state index in [1.165, 1.54) is 10.7 Å². The SMILES string of the molecule is O=C(O)c1cc2c(C(F)F)nn(-c3ccccc3)c2s1. The first kappa shape index (κ1) is 12.7. The Morgan fingerprint density at radius 2 is 2.00 bits per heavy atom. The summed E-state index contributed by atoms with van der Waals surface area (Å²) in [5.41, 5.74) is 0.218.